The number of alkyl halides is 2. The van der Waals surface area contributed by atoms with Crippen molar-refractivity contribution in [3.05, 3.63) is 65.7 Å². The van der Waals surface area contributed by atoms with Crippen molar-refractivity contribution in [2.45, 2.75) is 19.2 Å². The van der Waals surface area contributed by atoms with Gasteiger partial charge in [-0.15, -0.1) is 0 Å². The van der Waals surface area contributed by atoms with Crippen LogP contribution in [0.4, 0.5) is 8.78 Å². The average Bonchev–Trinajstić information content (AvgIpc) is 2.50. The van der Waals surface area contributed by atoms with Crippen LogP contribution in [0.2, 0.25) is 0 Å². The molecule has 1 atom stereocenters. The molecule has 5 heteroatoms. The minimum absolute atomic E-state index is 0.0173. The second-order valence-electron chi connectivity index (χ2n) is 4.55. The zero-order valence-corrected chi connectivity index (χ0v) is 11.4. The number of aliphatic hydroxyl groups excluding tert-OH is 1. The Morgan fingerprint density at radius 2 is 1.67 bits per heavy atom. The normalized spacial score (nSPS) is 12.4. The van der Waals surface area contributed by atoms with Crippen molar-refractivity contribution in [2.75, 3.05) is 6.61 Å². The molecular formula is C16H17F2NO2. The monoisotopic (exact) mass is 293 g/mol. The van der Waals surface area contributed by atoms with E-state index in [4.69, 9.17) is 0 Å². The number of rotatable bonds is 7. The highest BCUT2D eigenvalue weighted by molar-refractivity contribution is 5.27. The topological polar surface area (TPSA) is 41.5 Å². The minimum atomic E-state index is -2.81. The molecule has 0 heterocycles. The predicted octanol–water partition coefficient (Wildman–Crippen LogP) is 3.11. The molecule has 0 amide bonds. The first-order valence-electron chi connectivity index (χ1n) is 6.62. The number of hydrogen-bond donors (Lipinski definition) is 2. The molecule has 0 aromatic heterocycles. The van der Waals surface area contributed by atoms with Gasteiger partial charge in [0.2, 0.25) is 0 Å². The van der Waals surface area contributed by atoms with E-state index in [0.717, 1.165) is 11.1 Å². The number of ether oxygens (including phenoxy) is 1. The van der Waals surface area contributed by atoms with Crippen molar-refractivity contribution < 1.29 is 18.6 Å². The number of benzene rings is 2. The Labute approximate surface area is 122 Å². The van der Waals surface area contributed by atoms with Crippen molar-refractivity contribution in [3.8, 4) is 5.75 Å². The summed E-state index contributed by atoms with van der Waals surface area (Å²) < 4.78 is 28.4. The van der Waals surface area contributed by atoms with Crippen molar-refractivity contribution in [3.63, 3.8) is 0 Å². The van der Waals surface area contributed by atoms with Gasteiger partial charge in [0.1, 0.15) is 5.75 Å². The molecule has 0 spiro atoms. The van der Waals surface area contributed by atoms with Crippen LogP contribution >= 0.6 is 0 Å². The van der Waals surface area contributed by atoms with Crippen LogP contribution in [0.5, 0.6) is 5.75 Å². The van der Waals surface area contributed by atoms with Gasteiger partial charge >= 0.3 is 6.61 Å². The quantitative estimate of drug-likeness (QED) is 0.824. The van der Waals surface area contributed by atoms with Gasteiger partial charge in [0.25, 0.3) is 0 Å². The van der Waals surface area contributed by atoms with Crippen LogP contribution in [0, 0.1) is 0 Å². The van der Waals surface area contributed by atoms with E-state index in [9.17, 15) is 13.9 Å². The van der Waals surface area contributed by atoms with Crippen molar-refractivity contribution in [2.24, 2.45) is 0 Å². The van der Waals surface area contributed by atoms with E-state index in [-0.39, 0.29) is 18.4 Å². The molecule has 3 nitrogen and oxygen atoms in total. The molecule has 0 radical (unpaired) electrons. The highest BCUT2D eigenvalue weighted by Crippen LogP contribution is 2.16. The zero-order valence-electron chi connectivity index (χ0n) is 11.4. The van der Waals surface area contributed by atoms with E-state index in [2.05, 4.69) is 10.1 Å². The van der Waals surface area contributed by atoms with Gasteiger partial charge in [-0.1, -0.05) is 42.5 Å². The summed E-state index contributed by atoms with van der Waals surface area (Å²) >= 11 is 0. The molecule has 0 fully saturated rings. The number of aliphatic hydroxyl groups is 1. The molecule has 0 aliphatic carbocycles. The summed E-state index contributed by atoms with van der Waals surface area (Å²) in [6.07, 6.45) is 0. The van der Waals surface area contributed by atoms with Crippen LogP contribution < -0.4 is 10.1 Å². The van der Waals surface area contributed by atoms with E-state index < -0.39 is 6.61 Å². The van der Waals surface area contributed by atoms with Gasteiger partial charge in [0.05, 0.1) is 12.6 Å². The van der Waals surface area contributed by atoms with Crippen molar-refractivity contribution >= 4 is 0 Å². The molecule has 0 aliphatic heterocycles. The molecule has 2 aromatic rings. The Morgan fingerprint density at radius 3 is 2.24 bits per heavy atom. The molecule has 0 bridgehead atoms. The van der Waals surface area contributed by atoms with E-state index in [1.54, 1.807) is 12.1 Å². The highest BCUT2D eigenvalue weighted by atomic mass is 19.3. The summed E-state index contributed by atoms with van der Waals surface area (Å²) in [7, 11) is 0. The first-order valence-corrected chi connectivity index (χ1v) is 6.62. The maximum Gasteiger partial charge on any atom is 0.387 e. The lowest BCUT2D eigenvalue weighted by Crippen LogP contribution is -2.23. The fraction of sp³-hybridized carbons (Fsp3) is 0.250. The van der Waals surface area contributed by atoms with Crippen LogP contribution in [0.25, 0.3) is 0 Å². The van der Waals surface area contributed by atoms with E-state index in [1.807, 2.05) is 30.3 Å². The third-order valence-electron chi connectivity index (χ3n) is 3.09. The van der Waals surface area contributed by atoms with Gasteiger partial charge in [0, 0.05) is 6.54 Å². The van der Waals surface area contributed by atoms with Crippen LogP contribution in [-0.2, 0) is 6.54 Å². The summed E-state index contributed by atoms with van der Waals surface area (Å²) in [4.78, 5) is 0. The summed E-state index contributed by atoms with van der Waals surface area (Å²) in [6, 6.07) is 15.9. The fourth-order valence-electron chi connectivity index (χ4n) is 2.00. The van der Waals surface area contributed by atoms with Gasteiger partial charge in [-0.25, -0.2) is 0 Å². The Hall–Kier alpha value is -1.98. The van der Waals surface area contributed by atoms with Gasteiger partial charge < -0.3 is 15.2 Å². The highest BCUT2D eigenvalue weighted by Gasteiger charge is 2.09. The van der Waals surface area contributed by atoms with Gasteiger partial charge in [-0.2, -0.15) is 8.78 Å². The molecule has 2 rings (SSSR count). The molecule has 0 unspecified atom stereocenters. The third-order valence-corrected chi connectivity index (χ3v) is 3.09. The van der Waals surface area contributed by atoms with Gasteiger partial charge in [0.15, 0.2) is 0 Å². The fourth-order valence-corrected chi connectivity index (χ4v) is 2.00. The first kappa shape index (κ1) is 15.4. The average molecular weight is 293 g/mol. The summed E-state index contributed by atoms with van der Waals surface area (Å²) in [6.45, 7) is -2.31. The van der Waals surface area contributed by atoms with Crippen molar-refractivity contribution in [1.29, 1.82) is 0 Å². The maximum absolute atomic E-state index is 12.0. The molecule has 21 heavy (non-hydrogen) atoms. The zero-order chi connectivity index (χ0) is 15.1. The largest absolute Gasteiger partial charge is 0.435 e. The van der Waals surface area contributed by atoms with Gasteiger partial charge in [-0.05, 0) is 23.3 Å². The SMILES string of the molecule is OC[C@H](NCc1ccc(OC(F)F)cc1)c1ccccc1. The first-order chi connectivity index (χ1) is 10.2. The van der Waals surface area contributed by atoms with E-state index >= 15 is 0 Å². The van der Waals surface area contributed by atoms with Gasteiger partial charge in [-0.3, -0.25) is 0 Å². The lowest BCUT2D eigenvalue weighted by molar-refractivity contribution is -0.0498. The number of hydrogen-bond acceptors (Lipinski definition) is 3. The molecular weight excluding hydrogens is 276 g/mol. The van der Waals surface area contributed by atoms with Crippen LogP contribution in [0.15, 0.2) is 54.6 Å². The third kappa shape index (κ3) is 4.81. The lowest BCUT2D eigenvalue weighted by Gasteiger charge is -2.17. The Bertz CT molecular complexity index is 532. The van der Waals surface area contributed by atoms with Crippen LogP contribution in [0.1, 0.15) is 17.2 Å². The molecule has 2 N–H and O–H groups in total. The molecule has 0 aliphatic rings. The Kier molecular flexibility index (Phi) is 5.66. The lowest BCUT2D eigenvalue weighted by atomic mass is 10.1. The maximum atomic E-state index is 12.0. The number of nitrogens with one attached hydrogen (secondary N) is 1. The number of halogens is 2. The predicted molar refractivity (Wildman–Crippen MR) is 76.2 cm³/mol. The minimum Gasteiger partial charge on any atom is -0.435 e. The molecule has 0 saturated carbocycles. The van der Waals surface area contributed by atoms with Crippen molar-refractivity contribution in [1.82, 2.24) is 5.32 Å². The standard InChI is InChI=1S/C16H17F2NO2/c17-16(18)21-14-8-6-12(7-9-14)10-19-15(11-20)13-4-2-1-3-5-13/h1-9,15-16,19-20H,10-11H2/t15-/m0/s1. The second kappa shape index (κ2) is 7.71. The Balaban J connectivity index is 1.92. The Morgan fingerprint density at radius 1 is 1.00 bits per heavy atom. The molecule has 112 valence electrons. The summed E-state index contributed by atoms with van der Waals surface area (Å²) in [5, 5.41) is 12.7. The molecule has 2 aromatic carbocycles. The van der Waals surface area contributed by atoms with E-state index in [0.29, 0.717) is 6.54 Å². The van der Waals surface area contributed by atoms with E-state index in [1.165, 1.54) is 12.1 Å². The second-order valence-corrected chi connectivity index (χ2v) is 4.55. The molecule has 0 saturated heterocycles. The summed E-state index contributed by atoms with van der Waals surface area (Å²) in [5.41, 5.74) is 1.92. The van der Waals surface area contributed by atoms with Crippen LogP contribution in [0.3, 0.4) is 0 Å². The van der Waals surface area contributed by atoms with Crippen LogP contribution in [-0.4, -0.2) is 18.3 Å². The smallest absolute Gasteiger partial charge is 0.387 e. The summed E-state index contributed by atoms with van der Waals surface area (Å²) in [5.74, 6) is 0.135.